The van der Waals surface area contributed by atoms with Crippen LogP contribution >= 0.6 is 0 Å². The summed E-state index contributed by atoms with van der Waals surface area (Å²) in [6, 6.07) is 1.43. The van der Waals surface area contributed by atoms with E-state index in [0.29, 0.717) is 11.5 Å². The van der Waals surface area contributed by atoms with E-state index in [4.69, 9.17) is 14.2 Å². The van der Waals surface area contributed by atoms with Crippen LogP contribution in [0.25, 0.3) is 0 Å². The van der Waals surface area contributed by atoms with E-state index in [1.54, 1.807) is 0 Å². The number of hydrogen-bond donors (Lipinski definition) is 2. The molecular formula is C25H36O6. The number of carboxylic acid groups (broad SMARTS) is 1. The van der Waals surface area contributed by atoms with Gasteiger partial charge in [0.25, 0.3) is 0 Å². The highest BCUT2D eigenvalue weighted by atomic mass is 16.6. The van der Waals surface area contributed by atoms with E-state index >= 15 is 0 Å². The van der Waals surface area contributed by atoms with Crippen LogP contribution in [0.5, 0.6) is 23.0 Å². The van der Waals surface area contributed by atoms with E-state index in [2.05, 4.69) is 0 Å². The van der Waals surface area contributed by atoms with Crippen molar-refractivity contribution in [3.8, 4) is 23.0 Å². The van der Waals surface area contributed by atoms with Crippen LogP contribution in [0.1, 0.15) is 107 Å². The molecule has 0 saturated heterocycles. The first-order valence-electron chi connectivity index (χ1n) is 12.2. The molecule has 0 spiro atoms. The fraction of sp³-hybridized carbons (Fsp3) is 0.720. The second kappa shape index (κ2) is 10.5. The molecule has 0 bridgehead atoms. The number of aromatic carboxylic acids is 1. The van der Waals surface area contributed by atoms with Crippen LogP contribution in [0.3, 0.4) is 0 Å². The Bertz CT molecular complexity index is 743. The highest BCUT2D eigenvalue weighted by Gasteiger charge is 2.31. The van der Waals surface area contributed by atoms with Crippen molar-refractivity contribution in [2.45, 2.75) is 115 Å². The fourth-order valence-electron chi connectivity index (χ4n) is 5.14. The zero-order valence-electron chi connectivity index (χ0n) is 18.4. The molecule has 3 saturated carbocycles. The Kier molecular flexibility index (Phi) is 7.46. The van der Waals surface area contributed by atoms with Crippen molar-refractivity contribution in [3.63, 3.8) is 0 Å². The average molecular weight is 433 g/mol. The smallest absolute Gasteiger partial charge is 0.339 e. The van der Waals surface area contributed by atoms with Crippen LogP contribution in [0.4, 0.5) is 0 Å². The molecule has 1 aromatic carbocycles. The third-order valence-corrected chi connectivity index (χ3v) is 6.93. The van der Waals surface area contributed by atoms with Crippen molar-refractivity contribution >= 4 is 5.97 Å². The number of ether oxygens (including phenoxy) is 3. The molecule has 3 aliphatic rings. The molecule has 3 fully saturated rings. The van der Waals surface area contributed by atoms with Gasteiger partial charge in [0.2, 0.25) is 11.5 Å². The summed E-state index contributed by atoms with van der Waals surface area (Å²) in [4.78, 5) is 11.9. The minimum atomic E-state index is -1.19. The van der Waals surface area contributed by atoms with Gasteiger partial charge < -0.3 is 24.4 Å². The molecule has 172 valence electrons. The molecular weight excluding hydrogens is 396 g/mol. The van der Waals surface area contributed by atoms with Crippen LogP contribution in [0.2, 0.25) is 0 Å². The lowest BCUT2D eigenvalue weighted by atomic mass is 9.97. The number of rotatable bonds is 7. The third kappa shape index (κ3) is 5.58. The van der Waals surface area contributed by atoms with Crippen LogP contribution in [0, 0.1) is 0 Å². The standard InChI is InChI=1S/C25H36O6/c26-22-20(25(27)28)16-21(29-17-10-4-1-5-11-17)23(30-18-12-6-2-7-13-18)24(22)31-19-14-8-3-9-15-19/h16-19,26H,1-15H2,(H,27,28). The second-order valence-corrected chi connectivity index (χ2v) is 9.37. The van der Waals surface area contributed by atoms with Crippen molar-refractivity contribution in [3.05, 3.63) is 11.6 Å². The lowest BCUT2D eigenvalue weighted by Crippen LogP contribution is -2.25. The fourth-order valence-corrected chi connectivity index (χ4v) is 5.14. The largest absolute Gasteiger partial charge is 0.504 e. The van der Waals surface area contributed by atoms with Crippen molar-refractivity contribution in [2.24, 2.45) is 0 Å². The molecule has 0 unspecified atom stereocenters. The molecule has 0 radical (unpaired) electrons. The predicted octanol–water partition coefficient (Wildman–Crippen LogP) is 6.22. The van der Waals surface area contributed by atoms with E-state index in [-0.39, 0.29) is 35.4 Å². The Morgan fingerprint density at radius 3 is 1.55 bits per heavy atom. The van der Waals surface area contributed by atoms with Crippen LogP contribution < -0.4 is 14.2 Å². The summed E-state index contributed by atoms with van der Waals surface area (Å²) < 4.78 is 19.0. The molecule has 2 N–H and O–H groups in total. The van der Waals surface area contributed by atoms with Crippen molar-refractivity contribution < 1.29 is 29.2 Å². The molecule has 0 heterocycles. The predicted molar refractivity (Wildman–Crippen MR) is 118 cm³/mol. The van der Waals surface area contributed by atoms with Crippen molar-refractivity contribution in [1.82, 2.24) is 0 Å². The SMILES string of the molecule is O=C(O)c1cc(OC2CCCCC2)c(OC2CCCCC2)c(OC2CCCCC2)c1O. The zero-order chi connectivity index (χ0) is 21.6. The zero-order valence-corrected chi connectivity index (χ0v) is 18.4. The van der Waals surface area contributed by atoms with E-state index < -0.39 is 5.97 Å². The molecule has 4 rings (SSSR count). The van der Waals surface area contributed by atoms with E-state index in [0.717, 1.165) is 77.0 Å². The quantitative estimate of drug-likeness (QED) is 0.532. The number of phenols is 1. The van der Waals surface area contributed by atoms with Gasteiger partial charge in [-0.15, -0.1) is 0 Å². The highest BCUT2D eigenvalue weighted by molar-refractivity contribution is 5.93. The highest BCUT2D eigenvalue weighted by Crippen LogP contribution is 2.49. The molecule has 0 amide bonds. The maximum atomic E-state index is 11.9. The molecule has 0 aromatic heterocycles. The summed E-state index contributed by atoms with van der Waals surface area (Å²) in [7, 11) is 0. The number of carboxylic acids is 1. The monoisotopic (exact) mass is 432 g/mol. The van der Waals surface area contributed by atoms with Gasteiger partial charge >= 0.3 is 5.97 Å². The molecule has 0 atom stereocenters. The number of hydrogen-bond acceptors (Lipinski definition) is 5. The Morgan fingerprint density at radius 1 is 0.677 bits per heavy atom. The average Bonchev–Trinajstić information content (AvgIpc) is 2.80. The second-order valence-electron chi connectivity index (χ2n) is 9.37. The molecule has 0 aliphatic heterocycles. The van der Waals surface area contributed by atoms with Gasteiger partial charge in [0.1, 0.15) is 5.56 Å². The first-order chi connectivity index (χ1) is 15.1. The Morgan fingerprint density at radius 2 is 1.10 bits per heavy atom. The number of aromatic hydroxyl groups is 1. The lowest BCUT2D eigenvalue weighted by molar-refractivity contribution is 0.0686. The molecule has 1 aromatic rings. The third-order valence-electron chi connectivity index (χ3n) is 6.93. The summed E-state index contributed by atoms with van der Waals surface area (Å²) in [5.41, 5.74) is -0.187. The van der Waals surface area contributed by atoms with Crippen LogP contribution in [0.15, 0.2) is 6.07 Å². The summed E-state index contributed by atoms with van der Waals surface area (Å²) in [6.45, 7) is 0. The molecule has 6 nitrogen and oxygen atoms in total. The summed E-state index contributed by atoms with van der Waals surface area (Å²) in [5.74, 6) is -0.587. The van der Waals surface area contributed by atoms with Crippen molar-refractivity contribution in [1.29, 1.82) is 0 Å². The molecule has 31 heavy (non-hydrogen) atoms. The van der Waals surface area contributed by atoms with Gasteiger partial charge in [0.15, 0.2) is 11.5 Å². The number of benzene rings is 1. The molecule has 3 aliphatic carbocycles. The summed E-state index contributed by atoms with van der Waals surface area (Å²) >= 11 is 0. The first kappa shape index (κ1) is 22.1. The maximum absolute atomic E-state index is 11.9. The van der Waals surface area contributed by atoms with Gasteiger partial charge in [-0.25, -0.2) is 4.79 Å². The number of carbonyl (C=O) groups is 1. The first-order valence-corrected chi connectivity index (χ1v) is 12.2. The topological polar surface area (TPSA) is 85.2 Å². The van der Waals surface area contributed by atoms with E-state index in [1.165, 1.54) is 25.3 Å². The summed E-state index contributed by atoms with van der Waals surface area (Å²) in [6.07, 6.45) is 15.8. The van der Waals surface area contributed by atoms with Gasteiger partial charge in [-0.1, -0.05) is 19.3 Å². The lowest BCUT2D eigenvalue weighted by Gasteiger charge is -2.30. The van der Waals surface area contributed by atoms with Crippen molar-refractivity contribution in [2.75, 3.05) is 0 Å². The van der Waals surface area contributed by atoms with Gasteiger partial charge in [0, 0.05) is 6.07 Å². The van der Waals surface area contributed by atoms with Gasteiger partial charge in [-0.05, 0) is 77.0 Å². The maximum Gasteiger partial charge on any atom is 0.339 e. The van der Waals surface area contributed by atoms with Gasteiger partial charge in [-0.2, -0.15) is 0 Å². The van der Waals surface area contributed by atoms with E-state index in [9.17, 15) is 15.0 Å². The normalized spacial score (nSPS) is 21.5. The van der Waals surface area contributed by atoms with Crippen LogP contribution in [-0.4, -0.2) is 34.5 Å². The van der Waals surface area contributed by atoms with Gasteiger partial charge in [-0.3, -0.25) is 0 Å². The van der Waals surface area contributed by atoms with Crippen LogP contribution in [-0.2, 0) is 0 Å². The Hall–Kier alpha value is -2.11. The van der Waals surface area contributed by atoms with Gasteiger partial charge in [0.05, 0.1) is 18.3 Å². The minimum Gasteiger partial charge on any atom is -0.504 e. The Balaban J connectivity index is 1.70. The Labute approximate surface area is 184 Å². The summed E-state index contributed by atoms with van der Waals surface area (Å²) in [5, 5.41) is 20.6. The minimum absolute atomic E-state index is 0.0336. The molecule has 6 heteroatoms. The van der Waals surface area contributed by atoms with E-state index in [1.807, 2.05) is 0 Å².